The first kappa shape index (κ1) is 15.9. The number of rotatable bonds is 3. The molecule has 2 atom stereocenters. The summed E-state index contributed by atoms with van der Waals surface area (Å²) < 4.78 is 5.96. The lowest BCUT2D eigenvalue weighted by molar-refractivity contribution is -0.384. The largest absolute Gasteiger partial charge is 0.379 e. The summed E-state index contributed by atoms with van der Waals surface area (Å²) in [5.74, 6) is 0.187. The Hall–Kier alpha value is -1.47. The van der Waals surface area contributed by atoms with Gasteiger partial charge in [-0.25, -0.2) is 0 Å². The summed E-state index contributed by atoms with van der Waals surface area (Å²) in [5.41, 5.74) is 0.226. The highest BCUT2D eigenvalue weighted by atomic mass is 79.9. The predicted molar refractivity (Wildman–Crippen MR) is 81.3 cm³/mol. The zero-order valence-electron chi connectivity index (χ0n) is 11.9. The lowest BCUT2D eigenvalue weighted by Crippen LogP contribution is -2.46. The normalized spacial score (nSPS) is 22.1. The van der Waals surface area contributed by atoms with Gasteiger partial charge in [-0.15, -0.1) is 0 Å². The zero-order valence-corrected chi connectivity index (χ0v) is 13.5. The maximum absolute atomic E-state index is 12.6. The van der Waals surface area contributed by atoms with E-state index in [2.05, 4.69) is 22.9 Å². The summed E-state index contributed by atoms with van der Waals surface area (Å²) in [7, 11) is 1.64. The Morgan fingerprint density at radius 3 is 2.86 bits per heavy atom. The highest BCUT2D eigenvalue weighted by Crippen LogP contribution is 2.26. The fourth-order valence-corrected chi connectivity index (χ4v) is 2.90. The topological polar surface area (TPSA) is 72.7 Å². The third-order valence-electron chi connectivity index (χ3n) is 3.87. The second-order valence-corrected chi connectivity index (χ2v) is 6.07. The minimum Gasteiger partial charge on any atom is -0.379 e. The number of nitro benzene ring substituents is 1. The number of methoxy groups -OCH3 is 1. The van der Waals surface area contributed by atoms with Gasteiger partial charge in [0.05, 0.1) is 16.6 Å². The molecule has 114 valence electrons. The molecular formula is C14H17BrN2O4. The number of nitro groups is 1. The van der Waals surface area contributed by atoms with E-state index in [1.165, 1.54) is 18.2 Å². The molecule has 1 aliphatic rings. The smallest absolute Gasteiger partial charge is 0.270 e. The Morgan fingerprint density at radius 2 is 2.24 bits per heavy atom. The first-order valence-electron chi connectivity index (χ1n) is 6.70. The molecule has 0 bridgehead atoms. The van der Waals surface area contributed by atoms with E-state index in [1.807, 2.05) is 0 Å². The molecule has 1 amide bonds. The average molecular weight is 357 g/mol. The van der Waals surface area contributed by atoms with Gasteiger partial charge in [0.1, 0.15) is 0 Å². The van der Waals surface area contributed by atoms with Gasteiger partial charge in [-0.2, -0.15) is 0 Å². The van der Waals surface area contributed by atoms with Crippen molar-refractivity contribution in [2.75, 3.05) is 20.2 Å². The first-order valence-corrected chi connectivity index (χ1v) is 7.49. The minimum atomic E-state index is -0.501. The number of halogens is 1. The van der Waals surface area contributed by atoms with E-state index in [4.69, 9.17) is 4.74 Å². The molecule has 1 aliphatic heterocycles. The maximum Gasteiger partial charge on any atom is 0.270 e. The molecule has 0 spiro atoms. The monoisotopic (exact) mass is 356 g/mol. The van der Waals surface area contributed by atoms with Crippen molar-refractivity contribution in [1.82, 2.24) is 4.90 Å². The van der Waals surface area contributed by atoms with Crippen LogP contribution in [-0.2, 0) is 4.74 Å². The summed E-state index contributed by atoms with van der Waals surface area (Å²) in [6, 6.07) is 4.22. The van der Waals surface area contributed by atoms with E-state index in [0.717, 1.165) is 6.42 Å². The molecule has 1 saturated heterocycles. The van der Waals surface area contributed by atoms with Gasteiger partial charge in [0, 0.05) is 36.8 Å². The second-order valence-electron chi connectivity index (χ2n) is 5.21. The summed E-state index contributed by atoms with van der Waals surface area (Å²) in [5, 5.41) is 10.9. The summed E-state index contributed by atoms with van der Waals surface area (Å²) in [4.78, 5) is 24.6. The van der Waals surface area contributed by atoms with Crippen molar-refractivity contribution in [3.8, 4) is 0 Å². The van der Waals surface area contributed by atoms with Crippen LogP contribution in [0.4, 0.5) is 5.69 Å². The number of non-ortho nitro benzene ring substituents is 1. The van der Waals surface area contributed by atoms with Crippen molar-refractivity contribution >= 4 is 27.5 Å². The van der Waals surface area contributed by atoms with Gasteiger partial charge in [-0.3, -0.25) is 14.9 Å². The number of likely N-dealkylation sites (tertiary alicyclic amines) is 1. The number of benzene rings is 1. The lowest BCUT2D eigenvalue weighted by atomic mass is 9.95. The van der Waals surface area contributed by atoms with Gasteiger partial charge in [0.2, 0.25) is 0 Å². The SMILES string of the molecule is COC1CN(C(=O)c2cc([N+](=O)[O-])ccc2Br)CCC1C. The van der Waals surface area contributed by atoms with Gasteiger partial charge >= 0.3 is 0 Å². The Labute approximate surface area is 131 Å². The molecule has 0 radical (unpaired) electrons. The van der Waals surface area contributed by atoms with Gasteiger partial charge in [0.25, 0.3) is 11.6 Å². The second kappa shape index (κ2) is 6.53. The van der Waals surface area contributed by atoms with E-state index < -0.39 is 4.92 Å². The molecule has 1 aromatic carbocycles. The van der Waals surface area contributed by atoms with Crippen molar-refractivity contribution in [3.05, 3.63) is 38.3 Å². The van der Waals surface area contributed by atoms with Gasteiger partial charge in [-0.1, -0.05) is 6.92 Å². The molecule has 1 fully saturated rings. The summed E-state index contributed by atoms with van der Waals surface area (Å²) in [6.07, 6.45) is 0.858. The molecule has 1 aromatic rings. The van der Waals surface area contributed by atoms with Crippen LogP contribution in [0.25, 0.3) is 0 Å². The third kappa shape index (κ3) is 3.41. The molecule has 1 heterocycles. The van der Waals surface area contributed by atoms with E-state index >= 15 is 0 Å². The molecule has 2 rings (SSSR count). The molecule has 2 unspecified atom stereocenters. The number of hydrogen-bond acceptors (Lipinski definition) is 4. The van der Waals surface area contributed by atoms with Crippen molar-refractivity contribution in [1.29, 1.82) is 0 Å². The standard InChI is InChI=1S/C14H17BrN2O4/c1-9-5-6-16(8-13(9)21-2)14(18)11-7-10(17(19)20)3-4-12(11)15/h3-4,7,9,13H,5-6,8H2,1-2H3. The maximum atomic E-state index is 12.6. The molecule has 21 heavy (non-hydrogen) atoms. The Morgan fingerprint density at radius 1 is 1.52 bits per heavy atom. The van der Waals surface area contributed by atoms with Crippen molar-refractivity contribution in [2.24, 2.45) is 5.92 Å². The number of nitrogens with zero attached hydrogens (tertiary/aromatic N) is 2. The van der Waals surface area contributed by atoms with Crippen molar-refractivity contribution < 1.29 is 14.5 Å². The number of hydrogen-bond donors (Lipinski definition) is 0. The quantitative estimate of drug-likeness (QED) is 0.616. The van der Waals surface area contributed by atoms with E-state index in [1.54, 1.807) is 12.0 Å². The zero-order chi connectivity index (χ0) is 15.6. The van der Waals surface area contributed by atoms with Crippen molar-refractivity contribution in [3.63, 3.8) is 0 Å². The van der Waals surface area contributed by atoms with Crippen LogP contribution in [0.3, 0.4) is 0 Å². The number of ether oxygens (including phenoxy) is 1. The van der Waals surface area contributed by atoms with E-state index in [0.29, 0.717) is 29.0 Å². The number of amides is 1. The Kier molecular flexibility index (Phi) is 4.95. The number of piperidine rings is 1. The molecule has 0 saturated carbocycles. The molecular weight excluding hydrogens is 340 g/mol. The average Bonchev–Trinajstić information content (AvgIpc) is 2.47. The van der Waals surface area contributed by atoms with Crippen LogP contribution >= 0.6 is 15.9 Å². The summed E-state index contributed by atoms with van der Waals surface area (Å²) >= 11 is 3.29. The minimum absolute atomic E-state index is 0.000161. The van der Waals surface area contributed by atoms with Crippen LogP contribution in [0, 0.1) is 16.0 Å². The highest BCUT2D eigenvalue weighted by molar-refractivity contribution is 9.10. The molecule has 0 aliphatic carbocycles. The predicted octanol–water partition coefficient (Wildman–Crippen LogP) is 2.85. The van der Waals surface area contributed by atoms with Crippen LogP contribution in [0.1, 0.15) is 23.7 Å². The Balaban J connectivity index is 2.24. The van der Waals surface area contributed by atoms with E-state index in [-0.39, 0.29) is 17.7 Å². The van der Waals surface area contributed by atoms with Crippen LogP contribution < -0.4 is 0 Å². The van der Waals surface area contributed by atoms with Gasteiger partial charge in [0.15, 0.2) is 0 Å². The fourth-order valence-electron chi connectivity index (χ4n) is 2.49. The fraction of sp³-hybridized carbons (Fsp3) is 0.500. The van der Waals surface area contributed by atoms with Crippen LogP contribution in [0.2, 0.25) is 0 Å². The summed E-state index contributed by atoms with van der Waals surface area (Å²) in [6.45, 7) is 3.24. The van der Waals surface area contributed by atoms with E-state index in [9.17, 15) is 14.9 Å². The molecule has 7 heteroatoms. The molecule has 6 nitrogen and oxygen atoms in total. The Bertz CT molecular complexity index is 564. The third-order valence-corrected chi connectivity index (χ3v) is 4.56. The van der Waals surface area contributed by atoms with Crippen molar-refractivity contribution in [2.45, 2.75) is 19.4 Å². The van der Waals surface area contributed by atoms with Gasteiger partial charge in [-0.05, 0) is 34.3 Å². The van der Waals surface area contributed by atoms with Gasteiger partial charge < -0.3 is 9.64 Å². The number of carbonyl (C=O) groups is 1. The first-order chi connectivity index (χ1) is 9.93. The lowest BCUT2D eigenvalue weighted by Gasteiger charge is -2.36. The highest BCUT2D eigenvalue weighted by Gasteiger charge is 2.30. The molecule has 0 N–H and O–H groups in total. The van der Waals surface area contributed by atoms with Crippen LogP contribution in [0.5, 0.6) is 0 Å². The molecule has 0 aromatic heterocycles. The number of carbonyl (C=O) groups excluding carboxylic acids is 1. The van der Waals surface area contributed by atoms with Crippen LogP contribution in [0.15, 0.2) is 22.7 Å². The van der Waals surface area contributed by atoms with Crippen LogP contribution in [-0.4, -0.2) is 42.0 Å².